The van der Waals surface area contributed by atoms with E-state index in [1.807, 2.05) is 30.3 Å². The van der Waals surface area contributed by atoms with E-state index in [9.17, 15) is 9.59 Å². The monoisotopic (exact) mass is 391 g/mol. The molecule has 1 amide bonds. The van der Waals surface area contributed by atoms with Crippen LogP contribution in [0.2, 0.25) is 0 Å². The highest BCUT2D eigenvalue weighted by molar-refractivity contribution is 5.93. The Labute approximate surface area is 169 Å². The van der Waals surface area contributed by atoms with Crippen molar-refractivity contribution >= 4 is 17.6 Å². The van der Waals surface area contributed by atoms with E-state index in [4.69, 9.17) is 9.47 Å². The number of hydrogen-bond donors (Lipinski definition) is 1. The van der Waals surface area contributed by atoms with Gasteiger partial charge in [0.25, 0.3) is 5.91 Å². The average Bonchev–Trinajstić information content (AvgIpc) is 2.77. The number of methoxy groups -OCH3 is 1. The molecule has 0 spiro atoms. The maximum Gasteiger partial charge on any atom is 0.337 e. The van der Waals surface area contributed by atoms with Gasteiger partial charge in [-0.3, -0.25) is 4.79 Å². The van der Waals surface area contributed by atoms with Crippen molar-refractivity contribution in [2.24, 2.45) is 0 Å². The number of nitrogens with one attached hydrogen (secondary N) is 1. The summed E-state index contributed by atoms with van der Waals surface area (Å²) in [5.74, 6) is 0.548. The molecule has 0 aromatic heterocycles. The third kappa shape index (κ3) is 6.10. The Balaban J connectivity index is 1.44. The molecule has 3 aromatic rings. The maximum absolute atomic E-state index is 12.0. The summed E-state index contributed by atoms with van der Waals surface area (Å²) in [6, 6.07) is 23.4. The van der Waals surface area contributed by atoms with Gasteiger partial charge in [-0.1, -0.05) is 30.3 Å². The molecular weight excluding hydrogens is 370 g/mol. The number of esters is 1. The summed E-state index contributed by atoms with van der Waals surface area (Å²) < 4.78 is 15.8. The smallest absolute Gasteiger partial charge is 0.337 e. The average molecular weight is 391 g/mol. The standard InChI is InChI=1S/C23H21NO5/c1-27-23(26)18-7-9-19(10-8-18)24-22(25)16-29-21-13-11-20(12-14-21)28-15-17-5-3-2-4-6-17/h2-14H,15-16H2,1H3,(H,24,25). The van der Waals surface area contributed by atoms with Crippen LogP contribution in [-0.2, 0) is 16.1 Å². The van der Waals surface area contributed by atoms with Crippen molar-refractivity contribution in [3.05, 3.63) is 90.0 Å². The molecule has 3 aromatic carbocycles. The normalized spacial score (nSPS) is 10.1. The highest BCUT2D eigenvalue weighted by Gasteiger charge is 2.07. The Hall–Kier alpha value is -3.80. The van der Waals surface area contributed by atoms with Gasteiger partial charge in [-0.25, -0.2) is 4.79 Å². The lowest BCUT2D eigenvalue weighted by atomic mass is 10.2. The minimum atomic E-state index is -0.428. The molecule has 0 aliphatic heterocycles. The number of hydrogen-bond acceptors (Lipinski definition) is 5. The van der Waals surface area contributed by atoms with Gasteiger partial charge in [0.15, 0.2) is 6.61 Å². The molecule has 1 N–H and O–H groups in total. The largest absolute Gasteiger partial charge is 0.489 e. The third-order valence-corrected chi connectivity index (χ3v) is 4.03. The first kappa shape index (κ1) is 19.9. The third-order valence-electron chi connectivity index (χ3n) is 4.03. The van der Waals surface area contributed by atoms with E-state index in [2.05, 4.69) is 10.1 Å². The molecule has 6 nitrogen and oxygen atoms in total. The molecule has 0 saturated heterocycles. The van der Waals surface area contributed by atoms with Crippen molar-refractivity contribution in [3.63, 3.8) is 0 Å². The Morgan fingerprint density at radius 2 is 1.41 bits per heavy atom. The van der Waals surface area contributed by atoms with Crippen LogP contribution in [0.15, 0.2) is 78.9 Å². The lowest BCUT2D eigenvalue weighted by Gasteiger charge is -2.09. The number of carbonyl (C=O) groups excluding carboxylic acids is 2. The van der Waals surface area contributed by atoms with Gasteiger partial charge in [-0.15, -0.1) is 0 Å². The highest BCUT2D eigenvalue weighted by Crippen LogP contribution is 2.19. The van der Waals surface area contributed by atoms with Crippen molar-refractivity contribution in [1.82, 2.24) is 0 Å². The SMILES string of the molecule is COC(=O)c1ccc(NC(=O)COc2ccc(OCc3ccccc3)cc2)cc1. The van der Waals surface area contributed by atoms with Crippen LogP contribution < -0.4 is 14.8 Å². The summed E-state index contributed by atoms with van der Waals surface area (Å²) >= 11 is 0. The molecule has 0 radical (unpaired) electrons. The molecule has 0 aliphatic rings. The molecule has 3 rings (SSSR count). The second kappa shape index (κ2) is 9.94. The fraction of sp³-hybridized carbons (Fsp3) is 0.130. The van der Waals surface area contributed by atoms with Crippen LogP contribution in [0, 0.1) is 0 Å². The van der Waals surface area contributed by atoms with Crippen LogP contribution >= 0.6 is 0 Å². The van der Waals surface area contributed by atoms with Crippen molar-refractivity contribution < 1.29 is 23.8 Å². The van der Waals surface area contributed by atoms with E-state index in [0.717, 1.165) is 11.3 Å². The first-order chi connectivity index (χ1) is 14.1. The molecule has 0 fully saturated rings. The first-order valence-corrected chi connectivity index (χ1v) is 9.02. The van der Waals surface area contributed by atoms with E-state index in [-0.39, 0.29) is 12.5 Å². The van der Waals surface area contributed by atoms with E-state index >= 15 is 0 Å². The van der Waals surface area contributed by atoms with Crippen LogP contribution in [0.4, 0.5) is 5.69 Å². The van der Waals surface area contributed by atoms with Gasteiger partial charge >= 0.3 is 5.97 Å². The van der Waals surface area contributed by atoms with Gasteiger partial charge in [0, 0.05) is 5.69 Å². The minimum absolute atomic E-state index is 0.136. The van der Waals surface area contributed by atoms with Crippen LogP contribution in [0.1, 0.15) is 15.9 Å². The number of anilines is 1. The summed E-state index contributed by atoms with van der Waals surface area (Å²) in [7, 11) is 1.32. The Bertz CT molecular complexity index is 937. The maximum atomic E-state index is 12.0. The fourth-order valence-corrected chi connectivity index (χ4v) is 2.53. The molecule has 0 saturated carbocycles. The zero-order chi connectivity index (χ0) is 20.5. The molecule has 6 heteroatoms. The van der Waals surface area contributed by atoms with Crippen LogP contribution in [0.25, 0.3) is 0 Å². The Morgan fingerprint density at radius 3 is 2.03 bits per heavy atom. The fourth-order valence-electron chi connectivity index (χ4n) is 2.53. The van der Waals surface area contributed by atoms with Crippen molar-refractivity contribution in [3.8, 4) is 11.5 Å². The summed E-state index contributed by atoms with van der Waals surface area (Å²) in [5.41, 5.74) is 2.07. The number of amides is 1. The molecule has 0 atom stereocenters. The molecule has 29 heavy (non-hydrogen) atoms. The van der Waals surface area contributed by atoms with Crippen LogP contribution in [-0.4, -0.2) is 25.6 Å². The molecule has 0 heterocycles. The second-order valence-electron chi connectivity index (χ2n) is 6.15. The summed E-state index contributed by atoms with van der Waals surface area (Å²) in [6.45, 7) is 0.348. The number of carbonyl (C=O) groups is 2. The van der Waals surface area contributed by atoms with Crippen LogP contribution in [0.3, 0.4) is 0 Å². The quantitative estimate of drug-likeness (QED) is 0.586. The van der Waals surface area contributed by atoms with E-state index in [0.29, 0.717) is 23.6 Å². The summed E-state index contributed by atoms with van der Waals surface area (Å²) in [6.07, 6.45) is 0. The lowest BCUT2D eigenvalue weighted by molar-refractivity contribution is -0.118. The van der Waals surface area contributed by atoms with Gasteiger partial charge in [0.2, 0.25) is 0 Å². The predicted molar refractivity (Wildman–Crippen MR) is 109 cm³/mol. The summed E-state index contributed by atoms with van der Waals surface area (Å²) in [4.78, 5) is 23.4. The van der Waals surface area contributed by atoms with E-state index in [1.165, 1.54) is 7.11 Å². The van der Waals surface area contributed by atoms with Gasteiger partial charge in [0.1, 0.15) is 18.1 Å². The van der Waals surface area contributed by atoms with E-state index < -0.39 is 5.97 Å². The number of rotatable bonds is 8. The van der Waals surface area contributed by atoms with Gasteiger partial charge in [-0.05, 0) is 54.1 Å². The lowest BCUT2D eigenvalue weighted by Crippen LogP contribution is -2.20. The number of benzene rings is 3. The molecule has 0 aliphatic carbocycles. The zero-order valence-electron chi connectivity index (χ0n) is 16.0. The second-order valence-corrected chi connectivity index (χ2v) is 6.15. The Kier molecular flexibility index (Phi) is 6.84. The topological polar surface area (TPSA) is 73.9 Å². The number of ether oxygens (including phenoxy) is 3. The van der Waals surface area contributed by atoms with Gasteiger partial charge in [0.05, 0.1) is 12.7 Å². The molecule has 0 unspecified atom stereocenters. The van der Waals surface area contributed by atoms with Crippen LogP contribution in [0.5, 0.6) is 11.5 Å². The minimum Gasteiger partial charge on any atom is -0.489 e. The van der Waals surface area contributed by atoms with Crippen molar-refractivity contribution in [2.45, 2.75) is 6.61 Å². The Morgan fingerprint density at radius 1 is 0.793 bits per heavy atom. The predicted octanol–water partition coefficient (Wildman–Crippen LogP) is 4.07. The van der Waals surface area contributed by atoms with E-state index in [1.54, 1.807) is 48.5 Å². The summed E-state index contributed by atoms with van der Waals surface area (Å²) in [5, 5.41) is 2.71. The zero-order valence-corrected chi connectivity index (χ0v) is 16.0. The van der Waals surface area contributed by atoms with Crippen molar-refractivity contribution in [1.29, 1.82) is 0 Å². The molecule has 148 valence electrons. The molecular formula is C23H21NO5. The van der Waals surface area contributed by atoms with Gasteiger partial charge in [-0.2, -0.15) is 0 Å². The van der Waals surface area contributed by atoms with Crippen molar-refractivity contribution in [2.75, 3.05) is 19.0 Å². The van der Waals surface area contributed by atoms with Gasteiger partial charge < -0.3 is 19.5 Å². The molecule has 0 bridgehead atoms. The highest BCUT2D eigenvalue weighted by atomic mass is 16.5. The first-order valence-electron chi connectivity index (χ1n) is 9.02.